The van der Waals surface area contributed by atoms with Gasteiger partial charge in [0.05, 0.1) is 0 Å². The lowest BCUT2D eigenvalue weighted by Gasteiger charge is -1.94. The highest BCUT2D eigenvalue weighted by Gasteiger charge is 1.89. The number of carbonyl (C=O) groups is 1. The van der Waals surface area contributed by atoms with Crippen LogP contribution in [0.3, 0.4) is 0 Å². The molecule has 0 saturated carbocycles. The fraction of sp³-hybridized carbons (Fsp3) is 0.500. The minimum absolute atomic E-state index is 0.0740. The standard InChI is InChI=1S/C6H11NO/c1-3-5-7-6(8)4-2/h3H,1,4-5H2,2H3,(H,7,8). The van der Waals surface area contributed by atoms with Crippen LogP contribution in [0.2, 0.25) is 0 Å². The highest BCUT2D eigenvalue weighted by Crippen LogP contribution is 1.72. The molecule has 0 aliphatic rings. The smallest absolute Gasteiger partial charge is 0.219 e. The lowest BCUT2D eigenvalue weighted by Crippen LogP contribution is -2.21. The van der Waals surface area contributed by atoms with Crippen LogP contribution in [0.5, 0.6) is 0 Å². The highest BCUT2D eigenvalue weighted by molar-refractivity contribution is 5.75. The molecule has 0 atom stereocenters. The van der Waals surface area contributed by atoms with Crippen molar-refractivity contribution in [2.45, 2.75) is 13.3 Å². The molecule has 1 N–H and O–H groups in total. The molecule has 0 radical (unpaired) electrons. The Morgan fingerprint density at radius 2 is 2.50 bits per heavy atom. The van der Waals surface area contributed by atoms with Crippen molar-refractivity contribution in [3.8, 4) is 0 Å². The predicted molar refractivity (Wildman–Crippen MR) is 33.5 cm³/mol. The molecule has 0 aromatic rings. The van der Waals surface area contributed by atoms with E-state index in [1.807, 2.05) is 6.92 Å². The average Bonchev–Trinajstić information content (AvgIpc) is 1.83. The second-order valence-electron chi connectivity index (χ2n) is 1.45. The van der Waals surface area contributed by atoms with Gasteiger partial charge in [-0.25, -0.2) is 0 Å². The van der Waals surface area contributed by atoms with E-state index < -0.39 is 0 Å². The molecule has 2 nitrogen and oxygen atoms in total. The summed E-state index contributed by atoms with van der Waals surface area (Å²) in [5, 5.41) is 2.62. The maximum absolute atomic E-state index is 10.4. The lowest BCUT2D eigenvalue weighted by atomic mass is 10.4. The summed E-state index contributed by atoms with van der Waals surface area (Å²) >= 11 is 0. The second kappa shape index (κ2) is 4.37. The molecular weight excluding hydrogens is 102 g/mol. The Labute approximate surface area is 49.6 Å². The van der Waals surface area contributed by atoms with Gasteiger partial charge in [-0.1, -0.05) is 13.0 Å². The molecule has 8 heavy (non-hydrogen) atoms. The van der Waals surface area contributed by atoms with Gasteiger partial charge in [0.2, 0.25) is 5.91 Å². The molecule has 0 spiro atoms. The van der Waals surface area contributed by atoms with E-state index >= 15 is 0 Å². The molecular formula is C6H11NO. The summed E-state index contributed by atoms with van der Waals surface area (Å²) in [7, 11) is 0. The summed E-state index contributed by atoms with van der Waals surface area (Å²) in [5.41, 5.74) is 0. The number of nitrogens with one attached hydrogen (secondary N) is 1. The van der Waals surface area contributed by atoms with Crippen molar-refractivity contribution in [2.24, 2.45) is 0 Å². The summed E-state index contributed by atoms with van der Waals surface area (Å²) in [5.74, 6) is 0.0740. The summed E-state index contributed by atoms with van der Waals surface area (Å²) in [4.78, 5) is 10.4. The summed E-state index contributed by atoms with van der Waals surface area (Å²) in [6, 6.07) is 0. The first-order valence-corrected chi connectivity index (χ1v) is 2.68. The third-order valence-corrected chi connectivity index (χ3v) is 0.765. The molecule has 46 valence electrons. The van der Waals surface area contributed by atoms with E-state index in [-0.39, 0.29) is 5.91 Å². The molecule has 0 aromatic carbocycles. The highest BCUT2D eigenvalue weighted by atomic mass is 16.1. The van der Waals surface area contributed by atoms with Crippen LogP contribution in [0, 0.1) is 0 Å². The monoisotopic (exact) mass is 113 g/mol. The van der Waals surface area contributed by atoms with Gasteiger partial charge in [0.1, 0.15) is 0 Å². The summed E-state index contributed by atoms with van der Waals surface area (Å²) in [6.45, 7) is 5.85. The molecule has 0 heterocycles. The van der Waals surface area contributed by atoms with E-state index in [0.717, 1.165) is 0 Å². The Morgan fingerprint density at radius 1 is 1.88 bits per heavy atom. The van der Waals surface area contributed by atoms with Crippen LogP contribution in [-0.2, 0) is 4.79 Å². The Bertz CT molecular complexity index is 88.5. The van der Waals surface area contributed by atoms with Gasteiger partial charge < -0.3 is 5.32 Å². The Balaban J connectivity index is 3.11. The van der Waals surface area contributed by atoms with Gasteiger partial charge in [0.25, 0.3) is 0 Å². The second-order valence-corrected chi connectivity index (χ2v) is 1.45. The molecule has 2 heteroatoms. The Morgan fingerprint density at radius 3 is 2.88 bits per heavy atom. The van der Waals surface area contributed by atoms with Crippen LogP contribution in [0.1, 0.15) is 13.3 Å². The van der Waals surface area contributed by atoms with Crippen LogP contribution in [0.4, 0.5) is 0 Å². The zero-order valence-electron chi connectivity index (χ0n) is 5.11. The van der Waals surface area contributed by atoms with Crippen LogP contribution in [-0.4, -0.2) is 12.5 Å². The lowest BCUT2D eigenvalue weighted by molar-refractivity contribution is -0.120. The quantitative estimate of drug-likeness (QED) is 0.536. The minimum Gasteiger partial charge on any atom is -0.353 e. The molecule has 0 saturated heterocycles. The van der Waals surface area contributed by atoms with Crippen LogP contribution in [0.15, 0.2) is 12.7 Å². The van der Waals surface area contributed by atoms with Gasteiger partial charge in [-0.15, -0.1) is 6.58 Å². The number of rotatable bonds is 3. The summed E-state index contributed by atoms with van der Waals surface area (Å²) in [6.07, 6.45) is 2.21. The molecule has 0 unspecified atom stereocenters. The van der Waals surface area contributed by atoms with E-state index in [0.29, 0.717) is 13.0 Å². The van der Waals surface area contributed by atoms with Gasteiger partial charge >= 0.3 is 0 Å². The van der Waals surface area contributed by atoms with Crippen molar-refractivity contribution in [1.29, 1.82) is 0 Å². The SMILES string of the molecule is C=CCNC(=O)CC. The first-order chi connectivity index (χ1) is 3.81. The van der Waals surface area contributed by atoms with Gasteiger partial charge in [0.15, 0.2) is 0 Å². The molecule has 0 aliphatic carbocycles. The topological polar surface area (TPSA) is 29.1 Å². The molecule has 0 bridgehead atoms. The number of amides is 1. The van der Waals surface area contributed by atoms with E-state index in [2.05, 4.69) is 11.9 Å². The van der Waals surface area contributed by atoms with Crippen LogP contribution < -0.4 is 5.32 Å². The van der Waals surface area contributed by atoms with E-state index in [4.69, 9.17) is 0 Å². The summed E-state index contributed by atoms with van der Waals surface area (Å²) < 4.78 is 0. The van der Waals surface area contributed by atoms with Crippen molar-refractivity contribution >= 4 is 5.91 Å². The molecule has 0 aromatic heterocycles. The molecule has 0 rings (SSSR count). The zero-order chi connectivity index (χ0) is 6.41. The molecule has 0 fully saturated rings. The fourth-order valence-electron chi connectivity index (χ4n) is 0.311. The van der Waals surface area contributed by atoms with Crippen molar-refractivity contribution in [3.05, 3.63) is 12.7 Å². The van der Waals surface area contributed by atoms with Crippen LogP contribution in [0.25, 0.3) is 0 Å². The fourth-order valence-corrected chi connectivity index (χ4v) is 0.311. The number of hydrogen-bond acceptors (Lipinski definition) is 1. The van der Waals surface area contributed by atoms with E-state index in [9.17, 15) is 4.79 Å². The molecule has 1 amide bonds. The minimum atomic E-state index is 0.0740. The van der Waals surface area contributed by atoms with E-state index in [1.165, 1.54) is 0 Å². The van der Waals surface area contributed by atoms with Gasteiger partial charge in [-0.05, 0) is 0 Å². The maximum atomic E-state index is 10.4. The largest absolute Gasteiger partial charge is 0.353 e. The van der Waals surface area contributed by atoms with Gasteiger partial charge in [0, 0.05) is 13.0 Å². The third kappa shape index (κ3) is 3.40. The van der Waals surface area contributed by atoms with Crippen molar-refractivity contribution in [2.75, 3.05) is 6.54 Å². The zero-order valence-corrected chi connectivity index (χ0v) is 5.11. The third-order valence-electron chi connectivity index (χ3n) is 0.765. The van der Waals surface area contributed by atoms with Crippen molar-refractivity contribution in [3.63, 3.8) is 0 Å². The number of hydrogen-bond donors (Lipinski definition) is 1. The van der Waals surface area contributed by atoms with Crippen LogP contribution >= 0.6 is 0 Å². The average molecular weight is 113 g/mol. The van der Waals surface area contributed by atoms with E-state index in [1.54, 1.807) is 6.08 Å². The predicted octanol–water partition coefficient (Wildman–Crippen LogP) is 0.699. The van der Waals surface area contributed by atoms with Crippen molar-refractivity contribution in [1.82, 2.24) is 5.32 Å². The van der Waals surface area contributed by atoms with Crippen molar-refractivity contribution < 1.29 is 4.79 Å². The Hall–Kier alpha value is -0.790. The van der Waals surface area contributed by atoms with Gasteiger partial charge in [-0.3, -0.25) is 4.79 Å². The number of carbonyl (C=O) groups excluding carboxylic acids is 1. The maximum Gasteiger partial charge on any atom is 0.219 e. The van der Waals surface area contributed by atoms with Gasteiger partial charge in [-0.2, -0.15) is 0 Å². The molecule has 0 aliphatic heterocycles. The first kappa shape index (κ1) is 7.21. The normalized spacial score (nSPS) is 8.12. The Kier molecular flexibility index (Phi) is 3.94. The first-order valence-electron chi connectivity index (χ1n) is 2.68.